The third-order valence-corrected chi connectivity index (χ3v) is 3.81. The van der Waals surface area contributed by atoms with Crippen molar-refractivity contribution >= 4 is 0 Å². The van der Waals surface area contributed by atoms with E-state index in [4.69, 9.17) is 5.11 Å². The van der Waals surface area contributed by atoms with Gasteiger partial charge in [0.15, 0.2) is 0 Å². The average Bonchev–Trinajstić information content (AvgIpc) is 2.44. The summed E-state index contributed by atoms with van der Waals surface area (Å²) in [5.41, 5.74) is 0.251. The fourth-order valence-corrected chi connectivity index (χ4v) is 2.63. The largest absolute Gasteiger partial charge is 0.395 e. The van der Waals surface area contributed by atoms with Gasteiger partial charge in [0, 0.05) is 25.2 Å². The molecule has 120 valence electrons. The number of hydrogen-bond acceptors (Lipinski definition) is 3. The smallest absolute Gasteiger partial charge is 0.126 e. The van der Waals surface area contributed by atoms with E-state index < -0.39 is 17.7 Å². The Kier molecular flexibility index (Phi) is 7.78. The van der Waals surface area contributed by atoms with Crippen molar-refractivity contribution in [2.45, 2.75) is 45.3 Å². The van der Waals surface area contributed by atoms with Crippen molar-refractivity contribution in [3.63, 3.8) is 0 Å². The fraction of sp³-hybridized carbons (Fsp3) is 0.625. The van der Waals surface area contributed by atoms with Gasteiger partial charge in [0.05, 0.1) is 12.7 Å². The molecular weight excluding hydrogens is 276 g/mol. The summed E-state index contributed by atoms with van der Waals surface area (Å²) < 4.78 is 26.3. The van der Waals surface area contributed by atoms with Crippen LogP contribution in [-0.2, 0) is 0 Å². The van der Waals surface area contributed by atoms with Crippen molar-refractivity contribution in [2.24, 2.45) is 0 Å². The fourth-order valence-electron chi connectivity index (χ4n) is 2.63. The second-order valence-electron chi connectivity index (χ2n) is 5.24. The molecule has 5 heteroatoms. The van der Waals surface area contributed by atoms with Gasteiger partial charge in [-0.25, -0.2) is 8.78 Å². The minimum Gasteiger partial charge on any atom is -0.395 e. The van der Waals surface area contributed by atoms with E-state index in [1.165, 1.54) is 0 Å². The number of rotatable bonds is 9. The molecule has 0 saturated carbocycles. The zero-order chi connectivity index (χ0) is 15.8. The quantitative estimate of drug-likeness (QED) is 0.737. The van der Waals surface area contributed by atoms with E-state index >= 15 is 0 Å². The van der Waals surface area contributed by atoms with Gasteiger partial charge in [-0.15, -0.1) is 0 Å². The zero-order valence-corrected chi connectivity index (χ0v) is 12.7. The Morgan fingerprint density at radius 2 is 1.62 bits per heavy atom. The number of benzene rings is 1. The molecule has 2 N–H and O–H groups in total. The normalized spacial score (nSPS) is 13.1. The first kappa shape index (κ1) is 18.0. The molecular formula is C16H25F2NO2. The Morgan fingerprint density at radius 1 is 1.05 bits per heavy atom. The van der Waals surface area contributed by atoms with Crippen LogP contribution in [-0.4, -0.2) is 40.9 Å². The third-order valence-electron chi connectivity index (χ3n) is 3.81. The van der Waals surface area contributed by atoms with E-state index in [-0.39, 0.29) is 12.2 Å². The van der Waals surface area contributed by atoms with Gasteiger partial charge in [-0.2, -0.15) is 0 Å². The molecule has 0 heterocycles. The Balaban J connectivity index is 2.65. The SMILES string of the molecule is CCC(CC)N(CCO)CCC(O)c1cc(F)cc(F)c1. The van der Waals surface area contributed by atoms with Crippen LogP contribution in [0.15, 0.2) is 18.2 Å². The highest BCUT2D eigenvalue weighted by atomic mass is 19.1. The summed E-state index contributed by atoms with van der Waals surface area (Å²) in [6.07, 6.45) is 1.38. The summed E-state index contributed by atoms with van der Waals surface area (Å²) in [6, 6.07) is 3.44. The monoisotopic (exact) mass is 301 g/mol. The Labute approximate surface area is 125 Å². The van der Waals surface area contributed by atoms with Gasteiger partial charge in [-0.05, 0) is 37.0 Å². The molecule has 0 amide bonds. The highest BCUT2D eigenvalue weighted by Gasteiger charge is 2.17. The van der Waals surface area contributed by atoms with Gasteiger partial charge in [-0.3, -0.25) is 4.90 Å². The lowest BCUT2D eigenvalue weighted by atomic mass is 10.0. The van der Waals surface area contributed by atoms with Crippen LogP contribution >= 0.6 is 0 Å². The Bertz CT molecular complexity index is 404. The molecule has 1 aromatic carbocycles. The molecule has 0 aromatic heterocycles. The second kappa shape index (κ2) is 9.07. The molecule has 21 heavy (non-hydrogen) atoms. The highest BCUT2D eigenvalue weighted by molar-refractivity contribution is 5.20. The van der Waals surface area contributed by atoms with Gasteiger partial charge >= 0.3 is 0 Å². The summed E-state index contributed by atoms with van der Waals surface area (Å²) >= 11 is 0. The van der Waals surface area contributed by atoms with E-state index in [9.17, 15) is 13.9 Å². The van der Waals surface area contributed by atoms with E-state index in [0.717, 1.165) is 31.0 Å². The van der Waals surface area contributed by atoms with Crippen LogP contribution in [0.25, 0.3) is 0 Å². The molecule has 0 radical (unpaired) electrons. The summed E-state index contributed by atoms with van der Waals surface area (Å²) in [5, 5.41) is 19.2. The topological polar surface area (TPSA) is 43.7 Å². The first-order valence-corrected chi connectivity index (χ1v) is 7.50. The van der Waals surface area contributed by atoms with Gasteiger partial charge in [-0.1, -0.05) is 13.8 Å². The molecule has 0 saturated heterocycles. The van der Waals surface area contributed by atoms with E-state index in [1.807, 2.05) is 0 Å². The summed E-state index contributed by atoms with van der Waals surface area (Å²) in [5.74, 6) is -1.37. The van der Waals surface area contributed by atoms with Crippen LogP contribution in [0.3, 0.4) is 0 Å². The minimum atomic E-state index is -0.911. The van der Waals surface area contributed by atoms with Gasteiger partial charge in [0.1, 0.15) is 11.6 Å². The molecule has 0 fully saturated rings. The van der Waals surface area contributed by atoms with Gasteiger partial charge < -0.3 is 10.2 Å². The van der Waals surface area contributed by atoms with Crippen molar-refractivity contribution in [1.29, 1.82) is 0 Å². The number of aliphatic hydroxyl groups is 2. The number of nitrogens with zero attached hydrogens (tertiary/aromatic N) is 1. The third kappa shape index (κ3) is 5.69. The predicted molar refractivity (Wildman–Crippen MR) is 79.0 cm³/mol. The van der Waals surface area contributed by atoms with Gasteiger partial charge in [0.2, 0.25) is 0 Å². The second-order valence-corrected chi connectivity index (χ2v) is 5.24. The van der Waals surface area contributed by atoms with Crippen molar-refractivity contribution in [1.82, 2.24) is 4.90 Å². The van der Waals surface area contributed by atoms with Crippen LogP contribution in [0.2, 0.25) is 0 Å². The standard InChI is InChI=1S/C16H25F2NO2/c1-3-15(4-2)19(7-8-20)6-5-16(21)12-9-13(17)11-14(18)10-12/h9-11,15-16,20-21H,3-8H2,1-2H3. The molecule has 0 aliphatic rings. The van der Waals surface area contributed by atoms with Gasteiger partial charge in [0.25, 0.3) is 0 Å². The molecule has 0 aliphatic carbocycles. The van der Waals surface area contributed by atoms with E-state index in [2.05, 4.69) is 18.7 Å². The summed E-state index contributed by atoms with van der Waals surface area (Å²) in [4.78, 5) is 2.11. The first-order valence-electron chi connectivity index (χ1n) is 7.50. The molecule has 1 aromatic rings. The maximum absolute atomic E-state index is 13.2. The maximum Gasteiger partial charge on any atom is 0.126 e. The molecule has 1 rings (SSSR count). The minimum absolute atomic E-state index is 0.0567. The van der Waals surface area contributed by atoms with Crippen LogP contribution in [0.4, 0.5) is 8.78 Å². The van der Waals surface area contributed by atoms with E-state index in [0.29, 0.717) is 25.6 Å². The molecule has 0 aliphatic heterocycles. The Morgan fingerprint density at radius 3 is 2.10 bits per heavy atom. The summed E-state index contributed by atoms with van der Waals surface area (Å²) in [7, 11) is 0. The predicted octanol–water partition coefficient (Wildman–Crippen LogP) is 2.87. The highest BCUT2D eigenvalue weighted by Crippen LogP contribution is 2.20. The van der Waals surface area contributed by atoms with Crippen molar-refractivity contribution in [3.05, 3.63) is 35.4 Å². The van der Waals surface area contributed by atoms with Crippen molar-refractivity contribution < 1.29 is 19.0 Å². The molecule has 1 unspecified atom stereocenters. The lowest BCUT2D eigenvalue weighted by molar-refractivity contribution is 0.103. The van der Waals surface area contributed by atoms with Crippen LogP contribution < -0.4 is 0 Å². The molecule has 1 atom stereocenters. The first-order chi connectivity index (χ1) is 10.0. The van der Waals surface area contributed by atoms with Crippen LogP contribution in [0, 0.1) is 11.6 Å². The lowest BCUT2D eigenvalue weighted by Gasteiger charge is -2.30. The maximum atomic E-state index is 13.2. The Hall–Kier alpha value is -1.04. The lowest BCUT2D eigenvalue weighted by Crippen LogP contribution is -2.38. The zero-order valence-electron chi connectivity index (χ0n) is 12.7. The van der Waals surface area contributed by atoms with Crippen molar-refractivity contribution in [3.8, 4) is 0 Å². The van der Waals surface area contributed by atoms with E-state index in [1.54, 1.807) is 0 Å². The number of hydrogen-bond donors (Lipinski definition) is 2. The van der Waals surface area contributed by atoms with Crippen LogP contribution in [0.5, 0.6) is 0 Å². The molecule has 0 bridgehead atoms. The average molecular weight is 301 g/mol. The molecule has 3 nitrogen and oxygen atoms in total. The molecule has 0 spiro atoms. The van der Waals surface area contributed by atoms with Crippen LogP contribution in [0.1, 0.15) is 44.8 Å². The number of halogens is 2. The van der Waals surface area contributed by atoms with Crippen molar-refractivity contribution in [2.75, 3.05) is 19.7 Å². The number of aliphatic hydroxyl groups excluding tert-OH is 2. The summed E-state index contributed by atoms with van der Waals surface area (Å²) in [6.45, 7) is 5.33.